The number of likely N-dealkylation sites (N-methyl/N-ethyl adjacent to an activating group) is 1. The van der Waals surface area contributed by atoms with Crippen LogP contribution in [0.2, 0.25) is 0 Å². The second-order valence-electron chi connectivity index (χ2n) is 13.2. The van der Waals surface area contributed by atoms with Crippen LogP contribution in [0, 0.1) is 0 Å². The van der Waals surface area contributed by atoms with E-state index in [0.29, 0.717) is 38.0 Å². The van der Waals surface area contributed by atoms with E-state index in [-0.39, 0.29) is 55.3 Å². The maximum Gasteiger partial charge on any atom is 0.255 e. The highest BCUT2D eigenvalue weighted by atomic mass is 16.5. The van der Waals surface area contributed by atoms with Crippen LogP contribution in [0.1, 0.15) is 65.6 Å². The van der Waals surface area contributed by atoms with Gasteiger partial charge in [-0.25, -0.2) is 0 Å². The molecule has 0 radical (unpaired) electrons. The Kier molecular flexibility index (Phi) is 10.3. The van der Waals surface area contributed by atoms with Crippen molar-refractivity contribution in [3.63, 3.8) is 0 Å². The Hall–Kier alpha value is -5.19. The highest BCUT2D eigenvalue weighted by molar-refractivity contribution is 6.00. The van der Waals surface area contributed by atoms with Gasteiger partial charge in [-0.1, -0.05) is 66.7 Å². The molecule has 1 saturated carbocycles. The van der Waals surface area contributed by atoms with Gasteiger partial charge in [0.25, 0.3) is 5.91 Å². The van der Waals surface area contributed by atoms with E-state index in [4.69, 9.17) is 4.74 Å². The fourth-order valence-electron chi connectivity index (χ4n) is 6.53. The summed E-state index contributed by atoms with van der Waals surface area (Å²) in [5.74, 6) is -1.02. The number of ether oxygens (including phenoxy) is 1. The smallest absolute Gasteiger partial charge is 0.255 e. The summed E-state index contributed by atoms with van der Waals surface area (Å²) in [7, 11) is 1.73. The molecule has 2 aliphatic heterocycles. The molecule has 1 spiro atoms. The van der Waals surface area contributed by atoms with E-state index >= 15 is 0 Å². The monoisotopic (exact) mass is 665 g/mol. The van der Waals surface area contributed by atoms with Crippen LogP contribution in [0.15, 0.2) is 78.9 Å². The number of amides is 5. The van der Waals surface area contributed by atoms with Crippen LogP contribution in [0.4, 0.5) is 0 Å². The maximum absolute atomic E-state index is 13.8. The molecule has 11 heteroatoms. The van der Waals surface area contributed by atoms with Crippen LogP contribution in [0.3, 0.4) is 0 Å². The molecular weight excluding hydrogens is 622 g/mol. The molecule has 3 N–H and O–H groups in total. The summed E-state index contributed by atoms with van der Waals surface area (Å²) < 4.78 is 6.25. The number of hydrogen-bond acceptors (Lipinski definition) is 6. The number of nitrogens with zero attached hydrogens (tertiary/aromatic N) is 2. The number of carbonyl (C=O) groups excluding carboxylic acids is 5. The van der Waals surface area contributed by atoms with Gasteiger partial charge in [-0.2, -0.15) is 0 Å². The SMILES string of the molecule is CN1C(=O)C2(CC2)NC(=O)CC[C@@H](C(=O)NCc2cccc(CN3CCCC3=O)c2)NC(=O)c2ccccc2OC[C@@H]1Cc1ccccc1. The van der Waals surface area contributed by atoms with Crippen LogP contribution >= 0.6 is 0 Å². The molecule has 49 heavy (non-hydrogen) atoms. The quantitative estimate of drug-likeness (QED) is 0.355. The minimum Gasteiger partial charge on any atom is -0.491 e. The first-order valence-corrected chi connectivity index (χ1v) is 17.0. The molecule has 2 fully saturated rings. The molecule has 2 atom stereocenters. The summed E-state index contributed by atoms with van der Waals surface area (Å²) in [4.78, 5) is 70.0. The minimum absolute atomic E-state index is 0.0281. The molecular formula is C38H43N5O6. The van der Waals surface area contributed by atoms with Crippen molar-refractivity contribution in [3.8, 4) is 5.75 Å². The third-order valence-electron chi connectivity index (χ3n) is 9.57. The van der Waals surface area contributed by atoms with Gasteiger partial charge >= 0.3 is 0 Å². The van der Waals surface area contributed by atoms with Gasteiger partial charge in [0.2, 0.25) is 23.6 Å². The Morgan fingerprint density at radius 2 is 1.65 bits per heavy atom. The third kappa shape index (κ3) is 8.28. The molecule has 2 heterocycles. The first-order chi connectivity index (χ1) is 23.7. The zero-order valence-corrected chi connectivity index (χ0v) is 27.8. The first kappa shape index (κ1) is 33.7. The summed E-state index contributed by atoms with van der Waals surface area (Å²) in [6.45, 7) is 1.57. The fourth-order valence-corrected chi connectivity index (χ4v) is 6.53. The third-order valence-corrected chi connectivity index (χ3v) is 9.57. The Morgan fingerprint density at radius 3 is 2.41 bits per heavy atom. The summed E-state index contributed by atoms with van der Waals surface area (Å²) in [5, 5.41) is 8.69. The van der Waals surface area contributed by atoms with Gasteiger partial charge in [-0.15, -0.1) is 0 Å². The maximum atomic E-state index is 13.8. The van der Waals surface area contributed by atoms with Gasteiger partial charge < -0.3 is 30.5 Å². The van der Waals surface area contributed by atoms with Crippen molar-refractivity contribution in [1.82, 2.24) is 25.8 Å². The molecule has 256 valence electrons. The molecule has 3 aromatic rings. The van der Waals surface area contributed by atoms with Gasteiger partial charge in [0.05, 0.1) is 11.6 Å². The average Bonchev–Trinajstić information content (AvgIpc) is 3.79. The van der Waals surface area contributed by atoms with E-state index in [9.17, 15) is 24.0 Å². The molecule has 6 rings (SSSR count). The lowest BCUT2D eigenvalue weighted by molar-refractivity contribution is -0.139. The van der Waals surface area contributed by atoms with Crippen molar-refractivity contribution in [2.45, 2.75) is 75.7 Å². The Morgan fingerprint density at radius 1 is 0.918 bits per heavy atom. The van der Waals surface area contributed by atoms with Crippen LogP contribution < -0.4 is 20.7 Å². The highest BCUT2D eigenvalue weighted by Gasteiger charge is 2.53. The molecule has 1 aliphatic carbocycles. The second-order valence-corrected chi connectivity index (χ2v) is 13.2. The number of rotatable bonds is 7. The van der Waals surface area contributed by atoms with Crippen LogP contribution in [-0.4, -0.2) is 77.2 Å². The Balaban J connectivity index is 1.20. The topological polar surface area (TPSA) is 137 Å². The van der Waals surface area contributed by atoms with E-state index < -0.39 is 23.4 Å². The summed E-state index contributed by atoms with van der Waals surface area (Å²) in [6.07, 6.45) is 2.95. The molecule has 11 nitrogen and oxygen atoms in total. The van der Waals surface area contributed by atoms with E-state index in [0.717, 1.165) is 29.7 Å². The molecule has 5 amide bonds. The van der Waals surface area contributed by atoms with E-state index in [2.05, 4.69) is 16.0 Å². The lowest BCUT2D eigenvalue weighted by atomic mass is 10.0. The van der Waals surface area contributed by atoms with Crippen LogP contribution in [0.5, 0.6) is 5.75 Å². The van der Waals surface area contributed by atoms with Crippen molar-refractivity contribution in [3.05, 3.63) is 101 Å². The molecule has 0 bridgehead atoms. The van der Waals surface area contributed by atoms with Crippen molar-refractivity contribution in [2.75, 3.05) is 20.2 Å². The van der Waals surface area contributed by atoms with Gasteiger partial charge in [0, 0.05) is 39.5 Å². The zero-order chi connectivity index (χ0) is 34.4. The molecule has 0 unspecified atom stereocenters. The molecule has 1 saturated heterocycles. The summed E-state index contributed by atoms with van der Waals surface area (Å²) in [6, 6.07) is 22.9. The summed E-state index contributed by atoms with van der Waals surface area (Å²) >= 11 is 0. The molecule has 3 aliphatic rings. The van der Waals surface area contributed by atoms with Crippen LogP contribution in [-0.2, 0) is 38.7 Å². The standard InChI is InChI=1S/C38H43N5O6/c1-42-29(22-26-9-3-2-4-10-26)25-49-32-14-6-5-13-30(32)35(46)40-31(16-17-33(44)41-38(18-19-38)37(42)48)36(47)39-23-27-11-7-12-28(21-27)24-43-20-8-15-34(43)45/h2-7,9-14,21,29,31H,8,15-20,22-25H2,1H3,(H,39,47)(H,40,46)(H,41,44)/t29-,31-/m0/s1. The molecule has 0 aromatic heterocycles. The largest absolute Gasteiger partial charge is 0.491 e. The lowest BCUT2D eigenvalue weighted by Gasteiger charge is -2.32. The van der Waals surface area contributed by atoms with E-state index in [1.165, 1.54) is 0 Å². The van der Waals surface area contributed by atoms with Crippen LogP contribution in [0.25, 0.3) is 0 Å². The van der Waals surface area contributed by atoms with Gasteiger partial charge in [-0.05, 0) is 60.9 Å². The predicted octanol–water partition coefficient (Wildman–Crippen LogP) is 3.11. The number of nitrogens with one attached hydrogen (secondary N) is 3. The molecule has 3 aromatic carbocycles. The van der Waals surface area contributed by atoms with E-state index in [1.807, 2.05) is 59.5 Å². The zero-order valence-electron chi connectivity index (χ0n) is 27.8. The highest BCUT2D eigenvalue weighted by Crippen LogP contribution is 2.38. The van der Waals surface area contributed by atoms with Gasteiger partial charge in [-0.3, -0.25) is 24.0 Å². The predicted molar refractivity (Wildman–Crippen MR) is 182 cm³/mol. The van der Waals surface area contributed by atoms with Crippen molar-refractivity contribution in [2.24, 2.45) is 0 Å². The van der Waals surface area contributed by atoms with Crippen molar-refractivity contribution >= 4 is 29.5 Å². The number of para-hydroxylation sites is 1. The number of benzene rings is 3. The minimum atomic E-state index is -1.03. The Labute approximate surface area is 286 Å². The second kappa shape index (κ2) is 14.9. The number of hydrogen-bond donors (Lipinski definition) is 3. The Bertz CT molecular complexity index is 1710. The number of likely N-dealkylation sites (tertiary alicyclic amines) is 1. The number of carbonyl (C=O) groups is 5. The van der Waals surface area contributed by atoms with Gasteiger partial charge in [0.15, 0.2) is 0 Å². The fraction of sp³-hybridized carbons (Fsp3) is 0.395. The number of fused-ring (bicyclic) bond motifs is 1. The van der Waals surface area contributed by atoms with Gasteiger partial charge in [0.1, 0.15) is 23.9 Å². The average molecular weight is 666 g/mol. The first-order valence-electron chi connectivity index (χ1n) is 17.0. The van der Waals surface area contributed by atoms with Crippen molar-refractivity contribution < 1.29 is 28.7 Å². The summed E-state index contributed by atoms with van der Waals surface area (Å²) in [5.41, 5.74) is 2.09. The van der Waals surface area contributed by atoms with Crippen molar-refractivity contribution in [1.29, 1.82) is 0 Å². The van der Waals surface area contributed by atoms with E-state index in [1.54, 1.807) is 36.2 Å². The normalized spacial score (nSPS) is 21.2. The lowest BCUT2D eigenvalue weighted by Crippen LogP contribution is -2.54.